The van der Waals surface area contributed by atoms with E-state index in [0.717, 1.165) is 21.6 Å². The molecule has 3 aromatic rings. The zero-order chi connectivity index (χ0) is 18.0. The van der Waals surface area contributed by atoms with E-state index < -0.39 is 11.7 Å². The van der Waals surface area contributed by atoms with Crippen LogP contribution in [0.2, 0.25) is 5.02 Å². The van der Waals surface area contributed by atoms with Crippen LogP contribution in [0.1, 0.15) is 16.1 Å². The normalized spacial score (nSPS) is 11.9. The van der Waals surface area contributed by atoms with Gasteiger partial charge in [-0.15, -0.1) is 11.3 Å². The van der Waals surface area contributed by atoms with Gasteiger partial charge in [-0.05, 0) is 12.1 Å². The predicted molar refractivity (Wildman–Crippen MR) is 91.3 cm³/mol. The molecule has 0 atom stereocenters. The van der Waals surface area contributed by atoms with E-state index >= 15 is 0 Å². The van der Waals surface area contributed by atoms with E-state index in [2.05, 4.69) is 15.4 Å². The molecular formula is C16H14ClF3N4S. The van der Waals surface area contributed by atoms with E-state index in [9.17, 15) is 13.2 Å². The second kappa shape index (κ2) is 7.15. The van der Waals surface area contributed by atoms with Gasteiger partial charge in [0.1, 0.15) is 5.01 Å². The summed E-state index contributed by atoms with van der Waals surface area (Å²) < 4.78 is 40.0. The topological polar surface area (TPSA) is 42.7 Å². The molecule has 0 fully saturated rings. The van der Waals surface area contributed by atoms with Gasteiger partial charge in [-0.25, -0.2) is 4.98 Å². The summed E-state index contributed by atoms with van der Waals surface area (Å²) in [6.07, 6.45) is -1.84. The number of aromatic nitrogens is 3. The first-order chi connectivity index (χ1) is 11.8. The number of benzene rings is 1. The van der Waals surface area contributed by atoms with Crippen LogP contribution in [0.4, 0.5) is 13.2 Å². The molecule has 0 aliphatic rings. The Bertz CT molecular complexity index is 855. The van der Waals surface area contributed by atoms with Gasteiger partial charge in [0.25, 0.3) is 0 Å². The van der Waals surface area contributed by atoms with Crippen LogP contribution in [0.25, 0.3) is 10.6 Å². The van der Waals surface area contributed by atoms with Crippen molar-refractivity contribution in [2.45, 2.75) is 19.3 Å². The third-order valence-corrected chi connectivity index (χ3v) is 4.90. The average Bonchev–Trinajstić information content (AvgIpc) is 3.15. The lowest BCUT2D eigenvalue weighted by Gasteiger charge is -2.09. The molecule has 2 aromatic heterocycles. The van der Waals surface area contributed by atoms with E-state index in [1.54, 1.807) is 18.3 Å². The lowest BCUT2D eigenvalue weighted by atomic mass is 10.2. The van der Waals surface area contributed by atoms with Gasteiger partial charge in [-0.1, -0.05) is 23.7 Å². The Labute approximate surface area is 151 Å². The monoisotopic (exact) mass is 386 g/mol. The summed E-state index contributed by atoms with van der Waals surface area (Å²) in [7, 11) is 1.50. The number of nitrogens with zero attached hydrogens (tertiary/aromatic N) is 3. The van der Waals surface area contributed by atoms with Crippen LogP contribution in [-0.2, 0) is 26.3 Å². The van der Waals surface area contributed by atoms with Crippen molar-refractivity contribution in [3.63, 3.8) is 0 Å². The van der Waals surface area contributed by atoms with Gasteiger partial charge in [0.15, 0.2) is 0 Å². The molecular weight excluding hydrogens is 373 g/mol. The molecule has 0 saturated heterocycles. The summed E-state index contributed by atoms with van der Waals surface area (Å²) in [6, 6.07) is 7.34. The Morgan fingerprint density at radius 2 is 1.88 bits per heavy atom. The minimum Gasteiger partial charge on any atom is -0.306 e. The highest BCUT2D eigenvalue weighted by molar-refractivity contribution is 7.15. The highest BCUT2D eigenvalue weighted by Crippen LogP contribution is 2.31. The summed E-state index contributed by atoms with van der Waals surface area (Å²) in [5.74, 6) is 0. The molecule has 0 radical (unpaired) electrons. The molecule has 2 heterocycles. The maximum Gasteiger partial charge on any atom is 0.419 e. The quantitative estimate of drug-likeness (QED) is 0.701. The molecule has 0 aliphatic heterocycles. The van der Waals surface area contributed by atoms with Crippen molar-refractivity contribution in [2.24, 2.45) is 7.05 Å². The smallest absolute Gasteiger partial charge is 0.306 e. The van der Waals surface area contributed by atoms with E-state index in [1.807, 2.05) is 12.1 Å². The van der Waals surface area contributed by atoms with Crippen molar-refractivity contribution in [3.8, 4) is 10.6 Å². The van der Waals surface area contributed by atoms with Crippen molar-refractivity contribution in [1.82, 2.24) is 20.1 Å². The summed E-state index contributed by atoms with van der Waals surface area (Å²) in [5, 5.41) is 8.21. The fourth-order valence-corrected chi connectivity index (χ4v) is 3.34. The van der Waals surface area contributed by atoms with Crippen LogP contribution < -0.4 is 5.32 Å². The molecule has 3 rings (SSSR count). The number of halogens is 4. The van der Waals surface area contributed by atoms with Gasteiger partial charge in [0.05, 0.1) is 17.5 Å². The molecule has 0 aliphatic carbocycles. The maximum absolute atomic E-state index is 12.9. The zero-order valence-electron chi connectivity index (χ0n) is 13.1. The lowest BCUT2D eigenvalue weighted by Crippen LogP contribution is -2.18. The molecule has 1 N–H and O–H groups in total. The van der Waals surface area contributed by atoms with Crippen molar-refractivity contribution in [3.05, 3.63) is 57.8 Å². The third-order valence-electron chi connectivity index (χ3n) is 3.60. The SMILES string of the molecule is Cn1ncc(C(F)(F)F)c1CNCc1cnc(-c2ccc(Cl)cc2)s1. The summed E-state index contributed by atoms with van der Waals surface area (Å²) >= 11 is 7.35. The molecule has 9 heteroatoms. The molecule has 0 amide bonds. The Morgan fingerprint density at radius 3 is 2.56 bits per heavy atom. The van der Waals surface area contributed by atoms with Crippen molar-refractivity contribution < 1.29 is 13.2 Å². The first kappa shape index (κ1) is 17.9. The second-order valence-corrected chi connectivity index (χ2v) is 6.92. The number of nitrogens with one attached hydrogen (secondary N) is 1. The van der Waals surface area contributed by atoms with Crippen molar-refractivity contribution in [2.75, 3.05) is 0 Å². The molecule has 0 unspecified atom stereocenters. The minimum absolute atomic E-state index is 0.0690. The van der Waals surface area contributed by atoms with Crippen LogP contribution in [0.5, 0.6) is 0 Å². The van der Waals surface area contributed by atoms with Crippen molar-refractivity contribution in [1.29, 1.82) is 0 Å². The van der Waals surface area contributed by atoms with Crippen LogP contribution in [-0.4, -0.2) is 14.8 Å². The first-order valence-electron chi connectivity index (χ1n) is 7.34. The number of aryl methyl sites for hydroxylation is 1. The Hall–Kier alpha value is -1.90. The summed E-state index contributed by atoms with van der Waals surface area (Å²) in [4.78, 5) is 5.28. The fraction of sp³-hybridized carbons (Fsp3) is 0.250. The molecule has 4 nitrogen and oxygen atoms in total. The Balaban J connectivity index is 1.64. The maximum atomic E-state index is 12.9. The average molecular weight is 387 g/mol. The first-order valence-corrected chi connectivity index (χ1v) is 8.53. The van der Waals surface area contributed by atoms with Gasteiger partial charge in [-0.2, -0.15) is 18.3 Å². The molecule has 1 aromatic carbocycles. The number of alkyl halides is 3. The standard InChI is InChI=1S/C16H14ClF3N4S/c1-24-14(13(8-23-24)16(18,19)20)9-21-6-12-7-22-15(25-12)10-2-4-11(17)5-3-10/h2-5,7-8,21H,6,9H2,1H3. The molecule has 25 heavy (non-hydrogen) atoms. The van der Waals surface area contributed by atoms with Crippen LogP contribution in [0.15, 0.2) is 36.7 Å². The highest BCUT2D eigenvalue weighted by atomic mass is 35.5. The number of hydrogen-bond acceptors (Lipinski definition) is 4. The van der Waals surface area contributed by atoms with Crippen LogP contribution in [0.3, 0.4) is 0 Å². The minimum atomic E-state index is -4.41. The molecule has 0 spiro atoms. The lowest BCUT2D eigenvalue weighted by molar-refractivity contribution is -0.138. The number of rotatable bonds is 5. The summed E-state index contributed by atoms with van der Waals surface area (Å²) in [5.41, 5.74) is 0.343. The van der Waals surface area contributed by atoms with E-state index in [1.165, 1.54) is 23.1 Å². The fourth-order valence-electron chi connectivity index (χ4n) is 2.33. The Kier molecular flexibility index (Phi) is 5.12. The van der Waals surface area contributed by atoms with Crippen molar-refractivity contribution >= 4 is 22.9 Å². The van der Waals surface area contributed by atoms with E-state index in [0.29, 0.717) is 11.6 Å². The molecule has 0 saturated carbocycles. The number of thiazole rings is 1. The Morgan fingerprint density at radius 1 is 1.16 bits per heavy atom. The molecule has 0 bridgehead atoms. The second-order valence-electron chi connectivity index (χ2n) is 5.37. The highest BCUT2D eigenvalue weighted by Gasteiger charge is 2.35. The van der Waals surface area contributed by atoms with Gasteiger partial charge in [-0.3, -0.25) is 4.68 Å². The zero-order valence-corrected chi connectivity index (χ0v) is 14.7. The third kappa shape index (κ3) is 4.20. The predicted octanol–water partition coefficient (Wildman–Crippen LogP) is 4.51. The number of hydrogen-bond donors (Lipinski definition) is 1. The molecule has 132 valence electrons. The van der Waals surface area contributed by atoms with Gasteiger partial charge in [0.2, 0.25) is 0 Å². The largest absolute Gasteiger partial charge is 0.419 e. The van der Waals surface area contributed by atoms with E-state index in [-0.39, 0.29) is 12.2 Å². The van der Waals surface area contributed by atoms with Crippen LogP contribution in [0, 0.1) is 0 Å². The van der Waals surface area contributed by atoms with Crippen LogP contribution >= 0.6 is 22.9 Å². The van der Waals surface area contributed by atoms with Gasteiger partial charge in [0, 0.05) is 41.8 Å². The van der Waals surface area contributed by atoms with E-state index in [4.69, 9.17) is 11.6 Å². The summed E-state index contributed by atoms with van der Waals surface area (Å²) in [6.45, 7) is 0.493. The van der Waals surface area contributed by atoms with Gasteiger partial charge >= 0.3 is 6.18 Å². The van der Waals surface area contributed by atoms with Gasteiger partial charge < -0.3 is 5.32 Å².